The summed E-state index contributed by atoms with van der Waals surface area (Å²) in [4.78, 5) is 0. The summed E-state index contributed by atoms with van der Waals surface area (Å²) in [5.41, 5.74) is 5.10. The Hall–Kier alpha value is -1.58. The summed E-state index contributed by atoms with van der Waals surface area (Å²) in [6.45, 7) is 11.0. The average molecular weight is 359 g/mol. The van der Waals surface area contributed by atoms with Crippen LogP contribution in [0.5, 0.6) is 5.75 Å². The first-order chi connectivity index (χ1) is 12.0. The molecular formula is C23H34O3. The number of methoxy groups -OCH3 is 2. The molecule has 0 bridgehead atoms. The predicted molar refractivity (Wildman–Crippen MR) is 109 cm³/mol. The van der Waals surface area contributed by atoms with Gasteiger partial charge in [-0.05, 0) is 72.3 Å². The molecule has 0 radical (unpaired) electrons. The molecule has 1 aromatic rings. The summed E-state index contributed by atoms with van der Waals surface area (Å²) >= 11 is 0. The quantitative estimate of drug-likeness (QED) is 0.710. The Balaban J connectivity index is 0.000000784. The average Bonchev–Trinajstić information content (AvgIpc) is 3.00. The van der Waals surface area contributed by atoms with Gasteiger partial charge >= 0.3 is 0 Å². The van der Waals surface area contributed by atoms with Gasteiger partial charge in [-0.2, -0.15) is 0 Å². The molecule has 0 amide bonds. The highest BCUT2D eigenvalue weighted by Crippen LogP contribution is 2.64. The number of hydrogen-bond donors (Lipinski definition) is 0. The molecule has 4 atom stereocenters. The molecule has 1 saturated carbocycles. The van der Waals surface area contributed by atoms with Crippen LogP contribution in [-0.2, 0) is 11.2 Å². The number of rotatable bonds is 2. The minimum Gasteiger partial charge on any atom is -0.497 e. The van der Waals surface area contributed by atoms with Gasteiger partial charge in [0.2, 0.25) is 0 Å². The van der Waals surface area contributed by atoms with Gasteiger partial charge in [0.25, 0.3) is 0 Å². The van der Waals surface area contributed by atoms with E-state index in [1.807, 2.05) is 7.11 Å². The topological polar surface area (TPSA) is 50.0 Å². The second-order valence-electron chi connectivity index (χ2n) is 8.12. The van der Waals surface area contributed by atoms with Crippen molar-refractivity contribution in [3.8, 4) is 5.75 Å². The van der Waals surface area contributed by atoms with E-state index in [4.69, 9.17) is 9.47 Å². The predicted octanol–water partition coefficient (Wildman–Crippen LogP) is 4.84. The Labute approximate surface area is 158 Å². The minimum absolute atomic E-state index is 0. The van der Waals surface area contributed by atoms with E-state index in [1.54, 1.807) is 12.7 Å². The van der Waals surface area contributed by atoms with Crippen LogP contribution in [0.2, 0.25) is 0 Å². The second-order valence-corrected chi connectivity index (χ2v) is 8.12. The molecule has 144 valence electrons. The third-order valence-electron chi connectivity index (χ3n) is 7.18. The fraction of sp³-hybridized carbons (Fsp3) is 0.565. The van der Waals surface area contributed by atoms with E-state index in [0.29, 0.717) is 16.9 Å². The van der Waals surface area contributed by atoms with Crippen LogP contribution >= 0.6 is 0 Å². The Kier molecular flexibility index (Phi) is 6.04. The van der Waals surface area contributed by atoms with Crippen molar-refractivity contribution < 1.29 is 14.9 Å². The number of fused-ring (bicyclic) bond motifs is 5. The normalized spacial score (nSPS) is 34.1. The molecule has 0 heterocycles. The second kappa shape index (κ2) is 7.58. The van der Waals surface area contributed by atoms with Crippen LogP contribution in [0.25, 0.3) is 5.57 Å². The third kappa shape index (κ3) is 2.82. The number of allylic oxidation sites excluding steroid dienone is 2. The lowest BCUT2D eigenvalue weighted by atomic mass is 9.52. The lowest BCUT2D eigenvalue weighted by Gasteiger charge is -2.53. The van der Waals surface area contributed by atoms with Gasteiger partial charge < -0.3 is 14.9 Å². The summed E-state index contributed by atoms with van der Waals surface area (Å²) in [5.74, 6) is 1.71. The van der Waals surface area contributed by atoms with Crippen LogP contribution in [-0.4, -0.2) is 25.8 Å². The first kappa shape index (κ1) is 20.7. The van der Waals surface area contributed by atoms with E-state index in [9.17, 15) is 0 Å². The Bertz CT molecular complexity index is 680. The van der Waals surface area contributed by atoms with Crippen molar-refractivity contribution in [2.24, 2.45) is 16.7 Å². The van der Waals surface area contributed by atoms with E-state index in [0.717, 1.165) is 24.5 Å². The molecule has 3 heteroatoms. The van der Waals surface area contributed by atoms with Crippen molar-refractivity contribution in [1.29, 1.82) is 0 Å². The highest BCUT2D eigenvalue weighted by Gasteiger charge is 2.57. The van der Waals surface area contributed by atoms with Crippen molar-refractivity contribution in [2.45, 2.75) is 52.1 Å². The fourth-order valence-electron chi connectivity index (χ4n) is 5.94. The monoisotopic (exact) mass is 358 g/mol. The van der Waals surface area contributed by atoms with E-state index in [2.05, 4.69) is 51.3 Å². The van der Waals surface area contributed by atoms with Crippen LogP contribution in [0.3, 0.4) is 0 Å². The van der Waals surface area contributed by atoms with Crippen molar-refractivity contribution in [3.63, 3.8) is 0 Å². The molecule has 1 fully saturated rings. The maximum Gasteiger partial charge on any atom is 0.119 e. The van der Waals surface area contributed by atoms with Gasteiger partial charge in [-0.1, -0.05) is 26.0 Å². The van der Waals surface area contributed by atoms with Crippen LogP contribution in [0.15, 0.2) is 37.4 Å². The van der Waals surface area contributed by atoms with Crippen LogP contribution < -0.4 is 4.74 Å². The first-order valence-corrected chi connectivity index (χ1v) is 9.43. The van der Waals surface area contributed by atoms with Gasteiger partial charge in [-0.3, -0.25) is 0 Å². The minimum atomic E-state index is 0. The largest absolute Gasteiger partial charge is 0.497 e. The van der Waals surface area contributed by atoms with Crippen molar-refractivity contribution in [2.75, 3.05) is 14.2 Å². The van der Waals surface area contributed by atoms with Gasteiger partial charge in [0.1, 0.15) is 5.75 Å². The zero-order chi connectivity index (χ0) is 18.2. The number of hydrogen-bond acceptors (Lipinski definition) is 2. The zero-order valence-electron chi connectivity index (χ0n) is 16.7. The smallest absolute Gasteiger partial charge is 0.119 e. The number of aryl methyl sites for hydroxylation is 1. The summed E-state index contributed by atoms with van der Waals surface area (Å²) in [6, 6.07) is 6.63. The van der Waals surface area contributed by atoms with E-state index >= 15 is 0 Å². The highest BCUT2D eigenvalue weighted by atomic mass is 16.5. The molecule has 2 N–H and O–H groups in total. The number of ether oxygens (including phenoxy) is 2. The van der Waals surface area contributed by atoms with Gasteiger partial charge in [-0.25, -0.2) is 0 Å². The molecule has 1 unspecified atom stereocenters. The molecule has 3 nitrogen and oxygen atoms in total. The molecule has 0 spiro atoms. The van der Waals surface area contributed by atoms with Gasteiger partial charge in [0.05, 0.1) is 13.2 Å². The lowest BCUT2D eigenvalue weighted by molar-refractivity contribution is -0.0246. The van der Waals surface area contributed by atoms with Gasteiger partial charge in [-0.15, -0.1) is 13.2 Å². The number of benzene rings is 1. The summed E-state index contributed by atoms with van der Waals surface area (Å²) in [6.07, 6.45) is 9.00. The molecule has 0 aromatic heterocycles. The van der Waals surface area contributed by atoms with Crippen molar-refractivity contribution >= 4 is 5.57 Å². The fourth-order valence-corrected chi connectivity index (χ4v) is 5.94. The van der Waals surface area contributed by atoms with Crippen LogP contribution in [0.4, 0.5) is 0 Å². The highest BCUT2D eigenvalue weighted by molar-refractivity contribution is 5.76. The van der Waals surface area contributed by atoms with E-state index in [-0.39, 0.29) is 5.48 Å². The molecule has 4 rings (SSSR count). The van der Waals surface area contributed by atoms with Crippen LogP contribution in [0, 0.1) is 16.7 Å². The maximum absolute atomic E-state index is 5.86. The summed E-state index contributed by atoms with van der Waals surface area (Å²) < 4.78 is 11.3. The maximum atomic E-state index is 5.86. The Morgan fingerprint density at radius 1 is 1.12 bits per heavy atom. The standard InChI is InChI=1S/C21H28O2.C2H4.H2O/c1-20-11-9-14-13-15(22-3)5-6-16(14)17(20)10-12-21(2)18(20)7-8-19(21)23-4;1-2;/h5-6,10,13,18-19H,7-9,11-12H2,1-4H3;1-2H2;1H2/t18?,19-,20+,21-;;/m0../s1. The van der Waals surface area contributed by atoms with Crippen molar-refractivity contribution in [3.05, 3.63) is 48.6 Å². The first-order valence-electron chi connectivity index (χ1n) is 9.43. The molecule has 3 aliphatic rings. The Morgan fingerprint density at radius 3 is 2.50 bits per heavy atom. The van der Waals surface area contributed by atoms with E-state index < -0.39 is 0 Å². The van der Waals surface area contributed by atoms with Crippen molar-refractivity contribution in [1.82, 2.24) is 0 Å². The van der Waals surface area contributed by atoms with Crippen LogP contribution in [0.1, 0.15) is 50.7 Å². The van der Waals surface area contributed by atoms with Gasteiger partial charge in [0, 0.05) is 12.5 Å². The molecule has 3 aliphatic carbocycles. The van der Waals surface area contributed by atoms with Gasteiger partial charge in [0.15, 0.2) is 0 Å². The van der Waals surface area contributed by atoms with E-state index in [1.165, 1.54) is 30.4 Å². The molecule has 1 aromatic carbocycles. The molecule has 0 saturated heterocycles. The third-order valence-corrected chi connectivity index (χ3v) is 7.18. The Morgan fingerprint density at radius 2 is 1.85 bits per heavy atom. The molecule has 26 heavy (non-hydrogen) atoms. The lowest BCUT2D eigenvalue weighted by Crippen LogP contribution is -2.46. The summed E-state index contributed by atoms with van der Waals surface area (Å²) in [7, 11) is 3.64. The molecule has 0 aliphatic heterocycles. The zero-order valence-corrected chi connectivity index (χ0v) is 16.7. The SMILES string of the molecule is C=C.COc1ccc2c(c1)CC[C@]1(C)C2=CC[C@@]2(C)C1CC[C@@H]2OC.O. The molecular weight excluding hydrogens is 324 g/mol. The summed E-state index contributed by atoms with van der Waals surface area (Å²) in [5, 5.41) is 0.